The molecule has 0 aliphatic rings. The van der Waals surface area contributed by atoms with Crippen molar-refractivity contribution in [3.05, 3.63) is 60.7 Å². The van der Waals surface area contributed by atoms with E-state index < -0.39 is 7.12 Å². The van der Waals surface area contributed by atoms with Crippen molar-refractivity contribution in [1.29, 1.82) is 0 Å². The van der Waals surface area contributed by atoms with Crippen molar-refractivity contribution in [3.63, 3.8) is 0 Å². The van der Waals surface area contributed by atoms with E-state index in [0.29, 0.717) is 5.46 Å². The maximum Gasteiger partial charge on any atom is 0.489 e. The summed E-state index contributed by atoms with van der Waals surface area (Å²) in [5.74, 6) is 0. The number of hydrogen-bond acceptors (Lipinski definition) is 4. The van der Waals surface area contributed by atoms with E-state index in [0.717, 1.165) is 31.6 Å². The molecular formula is C17H12BNO2S. The van der Waals surface area contributed by atoms with Gasteiger partial charge in [0.2, 0.25) is 0 Å². The molecule has 0 aliphatic heterocycles. The Morgan fingerprint density at radius 3 is 2.32 bits per heavy atom. The van der Waals surface area contributed by atoms with Gasteiger partial charge < -0.3 is 10.0 Å². The Hall–Kier alpha value is -2.21. The van der Waals surface area contributed by atoms with Crippen molar-refractivity contribution < 1.29 is 10.0 Å². The zero-order valence-corrected chi connectivity index (χ0v) is 12.4. The summed E-state index contributed by atoms with van der Waals surface area (Å²) in [5.41, 5.74) is 2.51. The molecule has 0 radical (unpaired) electrons. The monoisotopic (exact) mass is 305 g/mol. The molecule has 0 fully saturated rings. The van der Waals surface area contributed by atoms with Crippen LogP contribution < -0.4 is 5.46 Å². The van der Waals surface area contributed by atoms with Crippen molar-refractivity contribution >= 4 is 44.9 Å². The summed E-state index contributed by atoms with van der Waals surface area (Å²) in [7, 11) is -1.48. The van der Waals surface area contributed by atoms with Crippen molar-refractivity contribution in [1.82, 2.24) is 4.98 Å². The van der Waals surface area contributed by atoms with Crippen molar-refractivity contribution in [3.8, 4) is 10.6 Å². The predicted octanol–water partition coefficient (Wildman–Crippen LogP) is 2.80. The summed E-state index contributed by atoms with van der Waals surface area (Å²) >= 11 is 1.64. The van der Waals surface area contributed by atoms with Gasteiger partial charge in [0.25, 0.3) is 0 Å². The summed E-state index contributed by atoms with van der Waals surface area (Å²) in [6.45, 7) is 0. The number of benzene rings is 3. The third-order valence-corrected chi connectivity index (χ3v) is 4.83. The minimum absolute atomic E-state index is 0.514. The van der Waals surface area contributed by atoms with Gasteiger partial charge in [-0.2, -0.15) is 0 Å². The van der Waals surface area contributed by atoms with Gasteiger partial charge in [0.15, 0.2) is 0 Å². The first-order chi connectivity index (χ1) is 10.7. The zero-order chi connectivity index (χ0) is 15.1. The summed E-state index contributed by atoms with van der Waals surface area (Å²) in [4.78, 5) is 4.70. The van der Waals surface area contributed by atoms with E-state index in [4.69, 9.17) is 4.98 Å². The van der Waals surface area contributed by atoms with Gasteiger partial charge >= 0.3 is 7.12 Å². The third kappa shape index (κ3) is 2.11. The number of nitrogens with zero attached hydrogens (tertiary/aromatic N) is 1. The highest BCUT2D eigenvalue weighted by atomic mass is 32.1. The van der Waals surface area contributed by atoms with E-state index in [1.165, 1.54) is 0 Å². The molecule has 0 amide bonds. The molecule has 0 atom stereocenters. The molecule has 1 aromatic heterocycles. The minimum Gasteiger partial charge on any atom is -0.423 e. The highest BCUT2D eigenvalue weighted by Crippen LogP contribution is 2.33. The molecule has 0 saturated heterocycles. The molecule has 0 unspecified atom stereocenters. The van der Waals surface area contributed by atoms with Crippen LogP contribution >= 0.6 is 11.3 Å². The molecule has 3 aromatic carbocycles. The second kappa shape index (κ2) is 5.21. The normalized spacial score (nSPS) is 11.2. The van der Waals surface area contributed by atoms with Crippen LogP contribution in [-0.2, 0) is 0 Å². The second-order valence-electron chi connectivity index (χ2n) is 5.11. The van der Waals surface area contributed by atoms with E-state index in [1.807, 2.05) is 48.5 Å². The van der Waals surface area contributed by atoms with Gasteiger partial charge in [-0.1, -0.05) is 48.5 Å². The van der Waals surface area contributed by atoms with E-state index >= 15 is 0 Å². The highest BCUT2D eigenvalue weighted by molar-refractivity contribution is 7.21. The Morgan fingerprint density at radius 2 is 1.55 bits per heavy atom. The highest BCUT2D eigenvalue weighted by Gasteiger charge is 2.17. The molecule has 4 aromatic rings. The first-order valence-electron chi connectivity index (χ1n) is 6.98. The molecule has 22 heavy (non-hydrogen) atoms. The molecule has 0 aliphatic carbocycles. The van der Waals surface area contributed by atoms with E-state index in [1.54, 1.807) is 17.4 Å². The fourth-order valence-electron chi connectivity index (χ4n) is 2.72. The number of thiazole rings is 1. The maximum absolute atomic E-state index is 9.54. The van der Waals surface area contributed by atoms with Gasteiger partial charge in [0.05, 0.1) is 10.2 Å². The quantitative estimate of drug-likeness (QED) is 0.560. The van der Waals surface area contributed by atoms with Crippen LogP contribution in [0.5, 0.6) is 0 Å². The molecule has 0 saturated carbocycles. The molecule has 2 N–H and O–H groups in total. The van der Waals surface area contributed by atoms with Gasteiger partial charge in [-0.25, -0.2) is 4.98 Å². The zero-order valence-electron chi connectivity index (χ0n) is 11.6. The number of aromatic nitrogens is 1. The Balaban J connectivity index is 2.01. The minimum atomic E-state index is -1.48. The molecule has 1 heterocycles. The standard InChI is InChI=1S/C17H12BNO2S/c20-18(21)14-10-9-13(11-5-1-2-6-12(11)14)17-19-15-7-3-4-8-16(15)22-17/h1-10,20-21H. The molecule has 3 nitrogen and oxygen atoms in total. The Bertz CT molecular complexity index is 948. The van der Waals surface area contributed by atoms with Crippen LogP contribution in [0.2, 0.25) is 0 Å². The smallest absolute Gasteiger partial charge is 0.423 e. The van der Waals surface area contributed by atoms with Crippen LogP contribution in [0, 0.1) is 0 Å². The van der Waals surface area contributed by atoms with Crippen LogP contribution in [0.4, 0.5) is 0 Å². The van der Waals surface area contributed by atoms with Crippen LogP contribution in [0.3, 0.4) is 0 Å². The van der Waals surface area contributed by atoms with Crippen LogP contribution in [0.15, 0.2) is 60.7 Å². The van der Waals surface area contributed by atoms with E-state index in [-0.39, 0.29) is 0 Å². The van der Waals surface area contributed by atoms with Crippen molar-refractivity contribution in [2.75, 3.05) is 0 Å². The summed E-state index contributed by atoms with van der Waals surface area (Å²) < 4.78 is 1.15. The molecule has 5 heteroatoms. The Labute approximate surface area is 131 Å². The first-order valence-corrected chi connectivity index (χ1v) is 7.79. The lowest BCUT2D eigenvalue weighted by Crippen LogP contribution is -2.30. The number of hydrogen-bond donors (Lipinski definition) is 2. The summed E-state index contributed by atoms with van der Waals surface area (Å²) in [6, 6.07) is 19.5. The van der Waals surface area contributed by atoms with Gasteiger partial charge in [0.1, 0.15) is 5.01 Å². The van der Waals surface area contributed by atoms with Gasteiger partial charge in [-0.05, 0) is 28.4 Å². The van der Waals surface area contributed by atoms with E-state index in [2.05, 4.69) is 6.07 Å². The van der Waals surface area contributed by atoms with Gasteiger partial charge in [0, 0.05) is 5.56 Å². The molecule has 4 rings (SSSR count). The van der Waals surface area contributed by atoms with Crippen molar-refractivity contribution in [2.45, 2.75) is 0 Å². The van der Waals surface area contributed by atoms with Crippen LogP contribution in [0.25, 0.3) is 31.6 Å². The Morgan fingerprint density at radius 1 is 0.818 bits per heavy atom. The predicted molar refractivity (Wildman–Crippen MR) is 92.4 cm³/mol. The Kier molecular flexibility index (Phi) is 3.19. The van der Waals surface area contributed by atoms with Crippen LogP contribution in [-0.4, -0.2) is 22.2 Å². The lowest BCUT2D eigenvalue weighted by Gasteiger charge is -2.09. The molecular weight excluding hydrogens is 293 g/mol. The van der Waals surface area contributed by atoms with Gasteiger partial charge in [-0.15, -0.1) is 11.3 Å². The van der Waals surface area contributed by atoms with Crippen molar-refractivity contribution in [2.24, 2.45) is 0 Å². The first kappa shape index (κ1) is 13.5. The lowest BCUT2D eigenvalue weighted by molar-refractivity contribution is 0.426. The molecule has 0 spiro atoms. The summed E-state index contributed by atoms with van der Waals surface area (Å²) in [5, 5.41) is 21.8. The average molecular weight is 305 g/mol. The lowest BCUT2D eigenvalue weighted by atomic mass is 9.76. The molecule has 106 valence electrons. The fourth-order valence-corrected chi connectivity index (χ4v) is 3.73. The maximum atomic E-state index is 9.54. The number of rotatable bonds is 2. The largest absolute Gasteiger partial charge is 0.489 e. The number of fused-ring (bicyclic) bond motifs is 2. The summed E-state index contributed by atoms with van der Waals surface area (Å²) in [6.07, 6.45) is 0. The fraction of sp³-hybridized carbons (Fsp3) is 0. The SMILES string of the molecule is OB(O)c1ccc(-c2nc3ccccc3s2)c2ccccc12. The topological polar surface area (TPSA) is 53.4 Å². The molecule has 0 bridgehead atoms. The second-order valence-corrected chi connectivity index (χ2v) is 6.14. The van der Waals surface area contributed by atoms with Gasteiger partial charge in [-0.3, -0.25) is 0 Å². The number of para-hydroxylation sites is 1. The van der Waals surface area contributed by atoms with E-state index in [9.17, 15) is 10.0 Å². The van der Waals surface area contributed by atoms with Crippen LogP contribution in [0.1, 0.15) is 0 Å². The third-order valence-electron chi connectivity index (χ3n) is 3.76. The average Bonchev–Trinajstić information content (AvgIpc) is 2.97.